The summed E-state index contributed by atoms with van der Waals surface area (Å²) in [6.45, 7) is 0. The van der Waals surface area contributed by atoms with E-state index in [-0.39, 0.29) is 31.8 Å². The van der Waals surface area contributed by atoms with Crippen molar-refractivity contribution in [3.05, 3.63) is 68.2 Å². The average Bonchev–Trinajstić information content (AvgIpc) is 2.41. The molecule has 0 heterocycles. The van der Waals surface area contributed by atoms with Gasteiger partial charge in [-0.15, -0.1) is 0 Å². The van der Waals surface area contributed by atoms with Crippen LogP contribution in [0.3, 0.4) is 0 Å². The molecule has 0 saturated carbocycles. The van der Waals surface area contributed by atoms with Gasteiger partial charge in [0, 0.05) is 11.1 Å². The molecule has 0 spiro atoms. The molecule has 0 amide bonds. The molecule has 2 aromatic carbocycles. The summed E-state index contributed by atoms with van der Waals surface area (Å²) in [6.07, 6.45) is 1.68. The first-order chi connectivity index (χ1) is 9.06. The van der Waals surface area contributed by atoms with E-state index in [9.17, 15) is 9.59 Å². The van der Waals surface area contributed by atoms with Gasteiger partial charge in [-0.05, 0) is 24.3 Å². The van der Waals surface area contributed by atoms with Crippen LogP contribution in [0.5, 0.6) is 0 Å². The van der Waals surface area contributed by atoms with Gasteiger partial charge in [-0.1, -0.05) is 46.9 Å². The molecular formula is C14H6Cl3O2. The fourth-order valence-electron chi connectivity index (χ4n) is 1.64. The number of benzene rings is 2. The Kier molecular flexibility index (Phi) is 4.25. The lowest BCUT2D eigenvalue weighted by Gasteiger charge is -2.08. The van der Waals surface area contributed by atoms with Crippen molar-refractivity contribution in [2.45, 2.75) is 0 Å². The molecule has 0 bridgehead atoms. The molecule has 2 nitrogen and oxygen atoms in total. The molecule has 0 atom stereocenters. The maximum absolute atomic E-state index is 12.4. The Morgan fingerprint density at radius 3 is 2.26 bits per heavy atom. The highest BCUT2D eigenvalue weighted by Crippen LogP contribution is 2.31. The summed E-state index contributed by atoms with van der Waals surface area (Å²) in [4.78, 5) is 23.3. The first kappa shape index (κ1) is 14.1. The predicted octanol–water partition coefficient (Wildman–Crippen LogP) is 4.34. The third kappa shape index (κ3) is 2.66. The smallest absolute Gasteiger partial charge is 0.234 e. The fraction of sp³-hybridized carbons (Fsp3) is 0. The first-order valence-corrected chi connectivity index (χ1v) is 6.35. The van der Waals surface area contributed by atoms with Gasteiger partial charge in [-0.3, -0.25) is 9.59 Å². The standard InChI is InChI=1S/C14H6Cl3O2/c15-10-4-2-1-3-9(10)14(19)12-8(7-18)5-6-11(16)13(12)17/h1-6H. The van der Waals surface area contributed by atoms with Crippen molar-refractivity contribution in [3.8, 4) is 0 Å². The Morgan fingerprint density at radius 1 is 0.947 bits per heavy atom. The molecular weight excluding hydrogens is 307 g/mol. The Bertz CT molecular complexity index is 666. The summed E-state index contributed by atoms with van der Waals surface area (Å²) < 4.78 is 0. The largest absolute Gasteiger partial charge is 0.288 e. The number of carbonyl (C=O) groups excluding carboxylic acids is 2. The quantitative estimate of drug-likeness (QED) is 0.790. The van der Waals surface area contributed by atoms with Crippen molar-refractivity contribution in [2.24, 2.45) is 0 Å². The molecule has 0 unspecified atom stereocenters. The van der Waals surface area contributed by atoms with Crippen LogP contribution in [-0.2, 0) is 4.79 Å². The highest BCUT2D eigenvalue weighted by atomic mass is 35.5. The second-order valence-electron chi connectivity index (χ2n) is 3.69. The van der Waals surface area contributed by atoms with E-state index in [2.05, 4.69) is 0 Å². The van der Waals surface area contributed by atoms with Crippen LogP contribution in [0.2, 0.25) is 15.1 Å². The third-order valence-corrected chi connectivity index (χ3v) is 3.68. The highest BCUT2D eigenvalue weighted by molar-refractivity contribution is 6.45. The van der Waals surface area contributed by atoms with Crippen molar-refractivity contribution in [2.75, 3.05) is 0 Å². The summed E-state index contributed by atoms with van der Waals surface area (Å²) >= 11 is 17.8. The van der Waals surface area contributed by atoms with E-state index >= 15 is 0 Å². The maximum atomic E-state index is 12.4. The molecule has 1 radical (unpaired) electrons. The predicted molar refractivity (Wildman–Crippen MR) is 76.1 cm³/mol. The van der Waals surface area contributed by atoms with Crippen molar-refractivity contribution >= 4 is 46.9 Å². The molecule has 0 N–H and O–H groups in total. The molecule has 0 aliphatic rings. The van der Waals surface area contributed by atoms with Crippen molar-refractivity contribution in [1.29, 1.82) is 0 Å². The highest BCUT2D eigenvalue weighted by Gasteiger charge is 2.21. The van der Waals surface area contributed by atoms with Crippen LogP contribution in [0.25, 0.3) is 0 Å². The van der Waals surface area contributed by atoms with Crippen molar-refractivity contribution in [3.63, 3.8) is 0 Å². The summed E-state index contributed by atoms with van der Waals surface area (Å²) in [5.74, 6) is -0.462. The molecule has 2 aromatic rings. The first-order valence-electron chi connectivity index (χ1n) is 5.21. The van der Waals surface area contributed by atoms with Crippen LogP contribution in [0.15, 0.2) is 36.4 Å². The van der Waals surface area contributed by atoms with Crippen LogP contribution in [0.1, 0.15) is 21.5 Å². The van der Waals surface area contributed by atoms with E-state index in [1.165, 1.54) is 12.1 Å². The maximum Gasteiger partial charge on any atom is 0.234 e. The second-order valence-corrected chi connectivity index (χ2v) is 4.89. The molecule has 0 aliphatic heterocycles. The van der Waals surface area contributed by atoms with Gasteiger partial charge >= 0.3 is 0 Å². The van der Waals surface area contributed by atoms with Gasteiger partial charge in [0.15, 0.2) is 5.78 Å². The minimum atomic E-state index is -0.462. The van der Waals surface area contributed by atoms with Gasteiger partial charge in [-0.2, -0.15) is 0 Å². The Balaban J connectivity index is 2.65. The number of ketones is 1. The van der Waals surface area contributed by atoms with Gasteiger partial charge in [0.25, 0.3) is 0 Å². The van der Waals surface area contributed by atoms with Crippen LogP contribution in [0.4, 0.5) is 0 Å². The monoisotopic (exact) mass is 311 g/mol. The second kappa shape index (κ2) is 5.74. The number of hydrogen-bond donors (Lipinski definition) is 0. The number of hydrogen-bond acceptors (Lipinski definition) is 2. The molecule has 0 fully saturated rings. The Hall–Kier alpha value is -1.35. The van der Waals surface area contributed by atoms with Crippen LogP contribution in [0, 0.1) is 0 Å². The lowest BCUT2D eigenvalue weighted by molar-refractivity contribution is 0.103. The Morgan fingerprint density at radius 2 is 1.63 bits per heavy atom. The van der Waals surface area contributed by atoms with Gasteiger partial charge in [0.05, 0.1) is 20.6 Å². The lowest BCUT2D eigenvalue weighted by Crippen LogP contribution is -2.07. The number of halogens is 3. The summed E-state index contributed by atoms with van der Waals surface area (Å²) in [6, 6.07) is 9.33. The van der Waals surface area contributed by atoms with E-state index < -0.39 is 5.78 Å². The zero-order chi connectivity index (χ0) is 14.0. The fourth-order valence-corrected chi connectivity index (χ4v) is 2.27. The lowest BCUT2D eigenvalue weighted by atomic mass is 9.99. The van der Waals surface area contributed by atoms with Crippen molar-refractivity contribution in [1.82, 2.24) is 0 Å². The third-order valence-electron chi connectivity index (χ3n) is 2.55. The van der Waals surface area contributed by atoms with Crippen LogP contribution < -0.4 is 0 Å². The molecule has 0 aromatic heterocycles. The minimum Gasteiger partial charge on any atom is -0.288 e. The number of rotatable bonds is 3. The molecule has 5 heteroatoms. The summed E-state index contributed by atoms with van der Waals surface area (Å²) in [7, 11) is 0. The van der Waals surface area contributed by atoms with Crippen LogP contribution in [-0.4, -0.2) is 12.1 Å². The van der Waals surface area contributed by atoms with Crippen molar-refractivity contribution < 1.29 is 9.59 Å². The average molecular weight is 313 g/mol. The van der Waals surface area contributed by atoms with E-state index in [0.717, 1.165) is 0 Å². The van der Waals surface area contributed by atoms with E-state index in [0.29, 0.717) is 0 Å². The van der Waals surface area contributed by atoms with E-state index in [1.807, 2.05) is 0 Å². The van der Waals surface area contributed by atoms with Gasteiger partial charge in [0.1, 0.15) is 0 Å². The van der Waals surface area contributed by atoms with E-state index in [4.69, 9.17) is 34.8 Å². The molecule has 0 saturated heterocycles. The summed E-state index contributed by atoms with van der Waals surface area (Å²) in [5, 5.41) is 0.490. The number of carbonyl (C=O) groups is 1. The molecule has 2 rings (SSSR count). The molecule has 95 valence electrons. The van der Waals surface area contributed by atoms with Gasteiger partial charge in [0.2, 0.25) is 6.29 Å². The molecule has 0 aliphatic carbocycles. The SMILES string of the molecule is O=[C]c1ccc(Cl)c(Cl)c1C(=O)c1ccccc1Cl. The van der Waals surface area contributed by atoms with E-state index in [1.54, 1.807) is 30.6 Å². The molecule has 19 heavy (non-hydrogen) atoms. The zero-order valence-electron chi connectivity index (χ0n) is 9.41. The van der Waals surface area contributed by atoms with Gasteiger partial charge in [-0.25, -0.2) is 0 Å². The Labute approximate surface area is 124 Å². The summed E-state index contributed by atoms with van der Waals surface area (Å²) in [5.41, 5.74) is 0.321. The van der Waals surface area contributed by atoms with Crippen LogP contribution >= 0.6 is 34.8 Å². The normalized spacial score (nSPS) is 10.3. The van der Waals surface area contributed by atoms with Gasteiger partial charge < -0.3 is 0 Å². The minimum absolute atomic E-state index is 0.0114. The zero-order valence-corrected chi connectivity index (χ0v) is 11.7. The topological polar surface area (TPSA) is 34.1 Å².